The van der Waals surface area contributed by atoms with Gasteiger partial charge < -0.3 is 8.83 Å². The highest BCUT2D eigenvalue weighted by Gasteiger charge is 2.22. The van der Waals surface area contributed by atoms with Gasteiger partial charge >= 0.3 is 5.56 Å². The summed E-state index contributed by atoms with van der Waals surface area (Å²) in [5, 5.41) is 8.47. The molecular weight excluding hydrogens is 530 g/mol. The molecule has 0 saturated carbocycles. The Bertz CT molecular complexity index is 2540. The highest BCUT2D eigenvalue weighted by Crippen LogP contribution is 2.39. The third kappa shape index (κ3) is 3.53. The van der Waals surface area contributed by atoms with Crippen LogP contribution in [-0.4, -0.2) is 4.57 Å². The Kier molecular flexibility index (Phi) is 5.02. The molecule has 9 rings (SSSR count). The van der Waals surface area contributed by atoms with E-state index in [-0.39, 0.29) is 5.56 Å². The first kappa shape index (κ1) is 23.8. The van der Waals surface area contributed by atoms with Crippen molar-refractivity contribution in [3.8, 4) is 28.3 Å². The van der Waals surface area contributed by atoms with Crippen molar-refractivity contribution in [2.75, 3.05) is 0 Å². The molecule has 3 heterocycles. The summed E-state index contributed by atoms with van der Waals surface area (Å²) in [5.74, 6) is 1.33. The minimum Gasteiger partial charge on any atom is -0.450 e. The fourth-order valence-corrected chi connectivity index (χ4v) is 6.44. The Morgan fingerprint density at radius 2 is 0.907 bits per heavy atom. The van der Waals surface area contributed by atoms with Crippen LogP contribution in [0.3, 0.4) is 0 Å². The average Bonchev–Trinajstić information content (AvgIpc) is 3.72. The molecule has 0 unspecified atom stereocenters. The fraction of sp³-hybridized carbons (Fsp3) is 0. The largest absolute Gasteiger partial charge is 0.450 e. The minimum absolute atomic E-state index is 0.261. The monoisotopic (exact) mass is 553 g/mol. The van der Waals surface area contributed by atoms with Crippen molar-refractivity contribution in [3.63, 3.8) is 0 Å². The quantitative estimate of drug-likeness (QED) is 0.205. The molecular formula is C39H23NO3. The molecule has 0 amide bonds. The molecule has 0 bridgehead atoms. The van der Waals surface area contributed by atoms with Crippen molar-refractivity contribution in [3.05, 3.63) is 150 Å². The van der Waals surface area contributed by atoms with E-state index >= 15 is 0 Å². The smallest absolute Gasteiger partial charge is 0.301 e. The lowest BCUT2D eigenvalue weighted by atomic mass is 9.94. The first-order valence-electron chi connectivity index (χ1n) is 14.3. The minimum atomic E-state index is -0.261. The number of benzene rings is 6. The average molecular weight is 554 g/mol. The van der Waals surface area contributed by atoms with Gasteiger partial charge in [-0.3, -0.25) is 4.79 Å². The van der Waals surface area contributed by atoms with Crippen LogP contribution in [-0.2, 0) is 0 Å². The Balaban J connectivity index is 1.39. The van der Waals surface area contributed by atoms with E-state index in [9.17, 15) is 4.79 Å². The van der Waals surface area contributed by atoms with E-state index < -0.39 is 0 Å². The van der Waals surface area contributed by atoms with Crippen molar-refractivity contribution in [1.29, 1.82) is 0 Å². The summed E-state index contributed by atoms with van der Waals surface area (Å²) >= 11 is 0. The summed E-state index contributed by atoms with van der Waals surface area (Å²) in [6.07, 6.45) is 0. The Hall–Kier alpha value is -5.87. The Labute approximate surface area is 245 Å². The van der Waals surface area contributed by atoms with Crippen LogP contribution in [0.2, 0.25) is 0 Å². The zero-order valence-electron chi connectivity index (χ0n) is 23.0. The molecule has 0 radical (unpaired) electrons. The van der Waals surface area contributed by atoms with Crippen LogP contribution in [0, 0.1) is 0 Å². The van der Waals surface area contributed by atoms with E-state index in [2.05, 4.69) is 60.7 Å². The van der Waals surface area contributed by atoms with E-state index in [4.69, 9.17) is 8.83 Å². The zero-order valence-corrected chi connectivity index (χ0v) is 23.0. The molecule has 43 heavy (non-hydrogen) atoms. The third-order valence-electron chi connectivity index (χ3n) is 8.44. The Morgan fingerprint density at radius 1 is 0.419 bits per heavy atom. The van der Waals surface area contributed by atoms with Gasteiger partial charge in [0, 0.05) is 16.5 Å². The maximum atomic E-state index is 14.4. The predicted octanol–water partition coefficient (Wildman–Crippen LogP) is 10.1. The molecule has 6 aromatic carbocycles. The topological polar surface area (TPSA) is 48.3 Å². The second kappa shape index (κ2) is 9.07. The normalized spacial score (nSPS) is 11.8. The maximum absolute atomic E-state index is 14.4. The van der Waals surface area contributed by atoms with Gasteiger partial charge in [0.25, 0.3) is 0 Å². The number of pyridine rings is 1. The number of rotatable bonds is 3. The van der Waals surface area contributed by atoms with Crippen LogP contribution in [0.15, 0.2) is 153 Å². The highest BCUT2D eigenvalue weighted by molar-refractivity contribution is 6.25. The molecule has 0 aliphatic carbocycles. The van der Waals surface area contributed by atoms with Crippen molar-refractivity contribution < 1.29 is 8.83 Å². The molecule has 0 aliphatic rings. The summed E-state index contributed by atoms with van der Waals surface area (Å²) in [7, 11) is 0. The van der Waals surface area contributed by atoms with Gasteiger partial charge in [0.2, 0.25) is 11.3 Å². The SMILES string of the molecule is O=c1c2oc(-c3ccccc3)cc2c2cc(-c3ccccc3)oc2n1-c1ccc2c3ccccc3c3ccccc3c2c1. The maximum Gasteiger partial charge on any atom is 0.301 e. The Morgan fingerprint density at radius 3 is 1.51 bits per heavy atom. The molecule has 4 nitrogen and oxygen atoms in total. The molecule has 9 aromatic rings. The predicted molar refractivity (Wildman–Crippen MR) is 175 cm³/mol. The van der Waals surface area contributed by atoms with Gasteiger partial charge in [0.1, 0.15) is 11.5 Å². The third-order valence-corrected chi connectivity index (χ3v) is 8.44. The van der Waals surface area contributed by atoms with Gasteiger partial charge in [-0.1, -0.05) is 115 Å². The van der Waals surface area contributed by atoms with E-state index in [1.54, 1.807) is 4.57 Å². The van der Waals surface area contributed by atoms with Crippen molar-refractivity contribution in [2.45, 2.75) is 0 Å². The number of hydrogen-bond donors (Lipinski definition) is 0. The summed E-state index contributed by atoms with van der Waals surface area (Å²) in [5.41, 5.74) is 3.10. The second-order valence-electron chi connectivity index (χ2n) is 10.9. The van der Waals surface area contributed by atoms with Crippen molar-refractivity contribution in [2.24, 2.45) is 0 Å². The summed E-state index contributed by atoms with van der Waals surface area (Å²) in [6, 6.07) is 46.9. The van der Waals surface area contributed by atoms with Crippen LogP contribution < -0.4 is 5.56 Å². The van der Waals surface area contributed by atoms with Gasteiger partial charge in [-0.25, -0.2) is 4.57 Å². The van der Waals surface area contributed by atoms with Crippen LogP contribution in [0.5, 0.6) is 0 Å². The van der Waals surface area contributed by atoms with Gasteiger partial charge in [-0.15, -0.1) is 0 Å². The number of aromatic nitrogens is 1. The lowest BCUT2D eigenvalue weighted by Crippen LogP contribution is -2.18. The standard InChI is InChI=1S/C39H23NO3/c41-38-37-33(22-35(42-37)24-11-3-1-4-12-24)34-23-36(25-13-5-2-6-14-25)43-39(34)40(38)26-19-20-31-29-17-8-7-15-27(29)28-16-9-10-18-30(28)32(31)21-26/h1-23H. The molecule has 0 N–H and O–H groups in total. The summed E-state index contributed by atoms with van der Waals surface area (Å²) in [4.78, 5) is 14.4. The zero-order chi connectivity index (χ0) is 28.5. The second-order valence-corrected chi connectivity index (χ2v) is 10.9. The molecule has 202 valence electrons. The lowest BCUT2D eigenvalue weighted by Gasteiger charge is -2.13. The molecule has 0 saturated heterocycles. The first-order valence-corrected chi connectivity index (χ1v) is 14.3. The molecule has 3 aromatic heterocycles. The number of furan rings is 2. The van der Waals surface area contributed by atoms with Crippen molar-refractivity contribution in [1.82, 2.24) is 4.57 Å². The van der Waals surface area contributed by atoms with Crippen LogP contribution in [0.1, 0.15) is 0 Å². The number of fused-ring (bicyclic) bond motifs is 9. The molecule has 0 aliphatic heterocycles. The van der Waals surface area contributed by atoms with Crippen LogP contribution >= 0.6 is 0 Å². The van der Waals surface area contributed by atoms with Crippen LogP contribution in [0.25, 0.3) is 82.7 Å². The summed E-state index contributed by atoms with van der Waals surface area (Å²) < 4.78 is 14.5. The van der Waals surface area contributed by atoms with Gasteiger partial charge in [0.15, 0.2) is 0 Å². The van der Waals surface area contributed by atoms with Gasteiger partial charge in [-0.2, -0.15) is 0 Å². The number of hydrogen-bond acceptors (Lipinski definition) is 3. The van der Waals surface area contributed by atoms with E-state index in [0.717, 1.165) is 43.7 Å². The van der Waals surface area contributed by atoms with Gasteiger partial charge in [0.05, 0.1) is 11.1 Å². The number of nitrogens with zero attached hydrogens (tertiary/aromatic N) is 1. The molecule has 0 spiro atoms. The van der Waals surface area contributed by atoms with Gasteiger partial charge in [-0.05, 0) is 56.6 Å². The highest BCUT2D eigenvalue weighted by atomic mass is 16.4. The van der Waals surface area contributed by atoms with E-state index in [0.29, 0.717) is 22.8 Å². The first-order chi connectivity index (χ1) is 21.2. The lowest BCUT2D eigenvalue weighted by molar-refractivity contribution is 0.597. The van der Waals surface area contributed by atoms with Crippen LogP contribution in [0.4, 0.5) is 0 Å². The molecule has 0 atom stereocenters. The fourth-order valence-electron chi connectivity index (χ4n) is 6.44. The van der Waals surface area contributed by atoms with E-state index in [1.165, 1.54) is 16.2 Å². The van der Waals surface area contributed by atoms with Crippen molar-refractivity contribution >= 4 is 54.4 Å². The molecule has 0 fully saturated rings. The van der Waals surface area contributed by atoms with E-state index in [1.807, 2.05) is 78.9 Å². The molecule has 4 heteroatoms. The summed E-state index contributed by atoms with van der Waals surface area (Å²) in [6.45, 7) is 0.